The lowest BCUT2D eigenvalue weighted by Gasteiger charge is -2.31. The summed E-state index contributed by atoms with van der Waals surface area (Å²) in [6, 6.07) is 9.27. The van der Waals surface area contributed by atoms with Crippen LogP contribution in [-0.4, -0.2) is 75.2 Å². The summed E-state index contributed by atoms with van der Waals surface area (Å²) in [7, 11) is 3.62. The molecule has 0 aliphatic carbocycles. The molecule has 0 bridgehead atoms. The Hall–Kier alpha value is -1.79. The smallest absolute Gasteiger partial charge is 0.191 e. The van der Waals surface area contributed by atoms with Crippen molar-refractivity contribution >= 4 is 5.96 Å². The first kappa shape index (κ1) is 21.9. The normalized spacial score (nSPS) is 20.6. The standard InChI is InChI=1S/C23H39N5O/c1-4-19(27-13-7-8-14-27)17-25-23(24-2)26-18-21(28-15-9-10-16-28)20-11-5-6-12-22(20)29-3/h5-6,11-12,19,21H,4,7-10,13-18H2,1-3H3,(H2,24,25,26). The van der Waals surface area contributed by atoms with Crippen LogP contribution in [0, 0.1) is 0 Å². The van der Waals surface area contributed by atoms with Gasteiger partial charge in [-0.1, -0.05) is 25.1 Å². The Kier molecular flexibility index (Phi) is 8.62. The molecule has 2 atom stereocenters. The number of ether oxygens (including phenoxy) is 1. The van der Waals surface area contributed by atoms with Gasteiger partial charge in [0, 0.05) is 31.7 Å². The Labute approximate surface area is 176 Å². The molecule has 2 aliphatic rings. The molecule has 1 aromatic rings. The van der Waals surface area contributed by atoms with Crippen LogP contribution in [0.5, 0.6) is 5.75 Å². The second kappa shape index (κ2) is 11.4. The van der Waals surface area contributed by atoms with Crippen LogP contribution in [0.4, 0.5) is 0 Å². The van der Waals surface area contributed by atoms with Gasteiger partial charge in [0.25, 0.3) is 0 Å². The number of nitrogens with one attached hydrogen (secondary N) is 2. The average Bonchev–Trinajstić information content (AvgIpc) is 3.48. The van der Waals surface area contributed by atoms with Gasteiger partial charge in [0.2, 0.25) is 0 Å². The van der Waals surface area contributed by atoms with Crippen LogP contribution < -0.4 is 15.4 Å². The molecule has 2 saturated heterocycles. The maximum Gasteiger partial charge on any atom is 0.191 e. The van der Waals surface area contributed by atoms with Gasteiger partial charge in [-0.05, 0) is 64.3 Å². The van der Waals surface area contributed by atoms with Crippen LogP contribution in [0.25, 0.3) is 0 Å². The molecular formula is C23H39N5O. The summed E-state index contributed by atoms with van der Waals surface area (Å²) in [4.78, 5) is 9.66. The fourth-order valence-corrected chi connectivity index (χ4v) is 4.70. The summed E-state index contributed by atoms with van der Waals surface area (Å²) in [6.45, 7) is 8.80. The van der Waals surface area contributed by atoms with E-state index in [0.29, 0.717) is 6.04 Å². The molecule has 0 amide bonds. The highest BCUT2D eigenvalue weighted by molar-refractivity contribution is 5.79. The van der Waals surface area contributed by atoms with Crippen LogP contribution in [0.3, 0.4) is 0 Å². The van der Waals surface area contributed by atoms with Crippen molar-refractivity contribution in [1.82, 2.24) is 20.4 Å². The molecule has 6 nitrogen and oxygen atoms in total. The first-order valence-electron chi connectivity index (χ1n) is 11.3. The highest BCUT2D eigenvalue weighted by Crippen LogP contribution is 2.31. The van der Waals surface area contributed by atoms with Crippen molar-refractivity contribution in [1.29, 1.82) is 0 Å². The Bertz CT molecular complexity index is 638. The Morgan fingerprint density at radius 3 is 2.24 bits per heavy atom. The number of rotatable bonds is 9. The number of likely N-dealkylation sites (tertiary alicyclic amines) is 2. The van der Waals surface area contributed by atoms with E-state index < -0.39 is 0 Å². The first-order valence-corrected chi connectivity index (χ1v) is 11.3. The van der Waals surface area contributed by atoms with Gasteiger partial charge in [0.15, 0.2) is 5.96 Å². The molecule has 162 valence electrons. The highest BCUT2D eigenvalue weighted by Gasteiger charge is 2.26. The average molecular weight is 402 g/mol. The molecule has 2 heterocycles. The summed E-state index contributed by atoms with van der Waals surface area (Å²) in [5.74, 6) is 1.86. The molecule has 2 fully saturated rings. The maximum atomic E-state index is 5.66. The minimum atomic E-state index is 0.285. The molecular weight excluding hydrogens is 362 g/mol. The van der Waals surface area contributed by atoms with Gasteiger partial charge in [-0.3, -0.25) is 14.8 Å². The number of guanidine groups is 1. The summed E-state index contributed by atoms with van der Waals surface area (Å²) >= 11 is 0. The fraction of sp³-hybridized carbons (Fsp3) is 0.696. The van der Waals surface area contributed by atoms with Gasteiger partial charge in [0.1, 0.15) is 5.75 Å². The Morgan fingerprint density at radius 2 is 1.62 bits per heavy atom. The number of hydrogen-bond donors (Lipinski definition) is 2. The minimum Gasteiger partial charge on any atom is -0.496 e. The molecule has 0 saturated carbocycles. The second-order valence-corrected chi connectivity index (χ2v) is 8.14. The van der Waals surface area contributed by atoms with Gasteiger partial charge >= 0.3 is 0 Å². The molecule has 0 radical (unpaired) electrons. The van der Waals surface area contributed by atoms with E-state index >= 15 is 0 Å². The van der Waals surface area contributed by atoms with Crippen LogP contribution in [-0.2, 0) is 0 Å². The van der Waals surface area contributed by atoms with E-state index in [0.717, 1.165) is 37.9 Å². The van der Waals surface area contributed by atoms with E-state index in [1.165, 1.54) is 50.8 Å². The third-order valence-corrected chi connectivity index (χ3v) is 6.40. The van der Waals surface area contributed by atoms with Gasteiger partial charge in [-0.2, -0.15) is 0 Å². The lowest BCUT2D eigenvalue weighted by molar-refractivity contribution is 0.233. The molecule has 1 aromatic carbocycles. The van der Waals surface area contributed by atoms with Crippen molar-refractivity contribution in [2.24, 2.45) is 4.99 Å². The molecule has 3 rings (SSSR count). The first-order chi connectivity index (χ1) is 14.3. The number of methoxy groups -OCH3 is 1. The molecule has 6 heteroatoms. The predicted molar refractivity (Wildman–Crippen MR) is 121 cm³/mol. The second-order valence-electron chi connectivity index (χ2n) is 8.14. The summed E-state index contributed by atoms with van der Waals surface area (Å²) in [5, 5.41) is 7.16. The summed E-state index contributed by atoms with van der Waals surface area (Å²) in [6.07, 6.45) is 6.38. The Morgan fingerprint density at radius 1 is 1.00 bits per heavy atom. The van der Waals surface area contributed by atoms with Gasteiger partial charge in [0.05, 0.1) is 13.2 Å². The van der Waals surface area contributed by atoms with Crippen molar-refractivity contribution in [2.75, 3.05) is 53.4 Å². The van der Waals surface area contributed by atoms with Crippen molar-refractivity contribution in [3.63, 3.8) is 0 Å². The van der Waals surface area contributed by atoms with E-state index in [2.05, 4.69) is 50.5 Å². The lowest BCUT2D eigenvalue weighted by atomic mass is 10.0. The largest absolute Gasteiger partial charge is 0.496 e. The molecule has 2 unspecified atom stereocenters. The number of hydrogen-bond acceptors (Lipinski definition) is 4. The minimum absolute atomic E-state index is 0.285. The van der Waals surface area contributed by atoms with Crippen LogP contribution in [0.15, 0.2) is 29.3 Å². The van der Waals surface area contributed by atoms with Crippen LogP contribution >= 0.6 is 0 Å². The zero-order chi connectivity index (χ0) is 20.5. The zero-order valence-electron chi connectivity index (χ0n) is 18.5. The maximum absolute atomic E-state index is 5.66. The monoisotopic (exact) mass is 401 g/mol. The Balaban J connectivity index is 1.61. The predicted octanol–water partition coefficient (Wildman–Crippen LogP) is 2.87. The van der Waals surface area contributed by atoms with Crippen LogP contribution in [0.2, 0.25) is 0 Å². The summed E-state index contributed by atoms with van der Waals surface area (Å²) < 4.78 is 5.66. The van der Waals surface area contributed by atoms with E-state index in [1.54, 1.807) is 7.11 Å². The quantitative estimate of drug-likeness (QED) is 0.492. The van der Waals surface area contributed by atoms with Gasteiger partial charge in [-0.25, -0.2) is 0 Å². The molecule has 0 spiro atoms. The van der Waals surface area contributed by atoms with E-state index in [9.17, 15) is 0 Å². The number of aliphatic imine (C=N–C) groups is 1. The summed E-state index contributed by atoms with van der Waals surface area (Å²) in [5.41, 5.74) is 1.25. The van der Waals surface area contributed by atoms with Gasteiger partial charge in [-0.15, -0.1) is 0 Å². The third-order valence-electron chi connectivity index (χ3n) is 6.40. The highest BCUT2D eigenvalue weighted by atomic mass is 16.5. The zero-order valence-corrected chi connectivity index (χ0v) is 18.5. The van der Waals surface area contributed by atoms with Gasteiger partial charge < -0.3 is 15.4 Å². The van der Waals surface area contributed by atoms with E-state index in [1.807, 2.05) is 13.1 Å². The SMILES string of the molecule is CCC(CNC(=NC)NCC(c1ccccc1OC)N1CCCC1)N1CCCC1. The molecule has 29 heavy (non-hydrogen) atoms. The lowest BCUT2D eigenvalue weighted by Crippen LogP contribution is -2.48. The van der Waals surface area contributed by atoms with Crippen molar-refractivity contribution in [2.45, 2.75) is 51.1 Å². The number of para-hydroxylation sites is 1. The molecule has 0 aromatic heterocycles. The number of benzene rings is 1. The van der Waals surface area contributed by atoms with E-state index in [4.69, 9.17) is 4.74 Å². The van der Waals surface area contributed by atoms with Crippen molar-refractivity contribution in [3.05, 3.63) is 29.8 Å². The van der Waals surface area contributed by atoms with E-state index in [-0.39, 0.29) is 6.04 Å². The topological polar surface area (TPSA) is 52.1 Å². The number of nitrogens with zero attached hydrogens (tertiary/aromatic N) is 3. The van der Waals surface area contributed by atoms with Crippen LogP contribution in [0.1, 0.15) is 50.6 Å². The van der Waals surface area contributed by atoms with Crippen molar-refractivity contribution < 1.29 is 4.74 Å². The molecule has 2 aliphatic heterocycles. The third kappa shape index (κ3) is 5.86. The molecule has 2 N–H and O–H groups in total. The van der Waals surface area contributed by atoms with Crippen molar-refractivity contribution in [3.8, 4) is 5.75 Å². The fourth-order valence-electron chi connectivity index (χ4n) is 4.70.